The molecule has 0 amide bonds. The van der Waals surface area contributed by atoms with Gasteiger partial charge in [0, 0.05) is 10.0 Å². The minimum Gasteiger partial charge on any atom is -0.492 e. The number of nitrogens with zero attached hydrogens (tertiary/aromatic N) is 4. The number of fused-ring (bicyclic) bond motifs is 1. The molecule has 0 spiro atoms. The second-order valence-corrected chi connectivity index (χ2v) is 9.54. The maximum Gasteiger partial charge on any atom is 0.230 e. The Hall–Kier alpha value is -2.06. The van der Waals surface area contributed by atoms with Crippen LogP contribution >= 0.6 is 34.5 Å². The summed E-state index contributed by atoms with van der Waals surface area (Å²) in [5.74, 6) is 1.78. The third-order valence-corrected chi connectivity index (χ3v) is 7.27. The van der Waals surface area contributed by atoms with E-state index in [0.29, 0.717) is 32.5 Å². The van der Waals surface area contributed by atoms with Gasteiger partial charge in [-0.25, -0.2) is 0 Å². The summed E-state index contributed by atoms with van der Waals surface area (Å²) in [4.78, 5) is 8.30. The summed E-state index contributed by atoms with van der Waals surface area (Å²) in [5.41, 5.74) is 0.918. The molecule has 1 aromatic carbocycles. The van der Waals surface area contributed by atoms with Gasteiger partial charge in [-0.05, 0) is 61.7 Å². The van der Waals surface area contributed by atoms with Crippen LogP contribution in [0.4, 0.5) is 0 Å². The lowest BCUT2D eigenvalue weighted by Crippen LogP contribution is -2.36. The molecule has 0 unspecified atom stereocenters. The lowest BCUT2D eigenvalue weighted by molar-refractivity contribution is 0.157. The van der Waals surface area contributed by atoms with E-state index in [1.54, 1.807) is 24.5 Å². The van der Waals surface area contributed by atoms with E-state index in [9.17, 15) is 5.11 Å². The number of piperidine rings is 1. The fraction of sp³-hybridized carbons (Fsp3) is 0.333. The van der Waals surface area contributed by atoms with Crippen molar-refractivity contribution in [3.8, 4) is 17.5 Å². The zero-order valence-electron chi connectivity index (χ0n) is 16.3. The molecule has 0 aliphatic carbocycles. The Balaban J connectivity index is 1.60. The highest BCUT2D eigenvalue weighted by molar-refractivity contribution is 7.17. The quantitative estimate of drug-likeness (QED) is 0.409. The normalized spacial score (nSPS) is 17.0. The van der Waals surface area contributed by atoms with Crippen molar-refractivity contribution in [2.75, 3.05) is 13.1 Å². The number of likely N-dealkylation sites (tertiary alicyclic amines) is 1. The van der Waals surface area contributed by atoms with Crippen LogP contribution in [0.15, 0.2) is 41.0 Å². The number of hydrogen-bond acceptors (Lipinski definition) is 6. The Labute approximate surface area is 187 Å². The van der Waals surface area contributed by atoms with Crippen LogP contribution < -0.4 is 0 Å². The predicted octanol–water partition coefficient (Wildman–Crippen LogP) is 5.88. The molecule has 6 nitrogen and oxygen atoms in total. The Morgan fingerprint density at radius 3 is 2.70 bits per heavy atom. The van der Waals surface area contributed by atoms with Crippen molar-refractivity contribution in [1.82, 2.24) is 19.5 Å². The van der Waals surface area contributed by atoms with Crippen molar-refractivity contribution >= 4 is 39.5 Å². The van der Waals surface area contributed by atoms with E-state index in [-0.39, 0.29) is 11.9 Å². The van der Waals surface area contributed by atoms with E-state index in [2.05, 4.69) is 21.9 Å². The topological polar surface area (TPSA) is 66.8 Å². The van der Waals surface area contributed by atoms with Gasteiger partial charge in [-0.3, -0.25) is 4.90 Å². The molecule has 1 fully saturated rings. The largest absolute Gasteiger partial charge is 0.492 e. The third-order valence-electron chi connectivity index (χ3n) is 5.63. The molecule has 4 heterocycles. The van der Waals surface area contributed by atoms with Gasteiger partial charge in [0.05, 0.1) is 17.2 Å². The molecule has 5 rings (SSSR count). The molecule has 9 heteroatoms. The monoisotopic (exact) mass is 462 g/mol. The molecule has 1 N–H and O–H groups in total. The Bertz CT molecular complexity index is 1180. The molecule has 1 aliphatic heterocycles. The molecule has 0 bridgehead atoms. The molecule has 30 heavy (non-hydrogen) atoms. The highest BCUT2D eigenvalue weighted by Gasteiger charge is 2.33. The van der Waals surface area contributed by atoms with Crippen LogP contribution in [-0.2, 0) is 0 Å². The van der Waals surface area contributed by atoms with Crippen LogP contribution in [0.2, 0.25) is 10.0 Å². The number of aromatic nitrogens is 3. The predicted molar refractivity (Wildman–Crippen MR) is 119 cm³/mol. The second-order valence-electron chi connectivity index (χ2n) is 7.68. The standard InChI is InChI=1S/C21H20Cl2N4O2S/c1-12-6-8-26(9-7-12)17(14-5-4-13(22)11-15(14)23)18-20(28)27-21(30-18)24-19(25-27)16-3-2-10-29-16/h2-5,10-12,17,28H,6-9H2,1H3/t17-/m0/s1. The van der Waals surface area contributed by atoms with Crippen molar-refractivity contribution in [3.63, 3.8) is 0 Å². The first kappa shape index (κ1) is 19.9. The van der Waals surface area contributed by atoms with Gasteiger partial charge in [0.25, 0.3) is 0 Å². The third kappa shape index (κ3) is 3.50. The number of halogens is 2. The van der Waals surface area contributed by atoms with Crippen molar-refractivity contribution in [2.24, 2.45) is 5.92 Å². The van der Waals surface area contributed by atoms with Crippen molar-refractivity contribution in [3.05, 3.63) is 57.1 Å². The molecular weight excluding hydrogens is 443 g/mol. The fourth-order valence-corrected chi connectivity index (χ4v) is 5.57. The Kier molecular flexibility index (Phi) is 5.23. The minimum atomic E-state index is -0.192. The van der Waals surface area contributed by atoms with Crippen molar-refractivity contribution in [2.45, 2.75) is 25.8 Å². The first-order valence-corrected chi connectivity index (χ1v) is 11.4. The summed E-state index contributed by atoms with van der Waals surface area (Å²) in [5, 5.41) is 16.7. The van der Waals surface area contributed by atoms with Crippen molar-refractivity contribution < 1.29 is 9.52 Å². The average Bonchev–Trinajstić information content (AvgIpc) is 3.44. The molecule has 1 saturated heterocycles. The van der Waals surface area contributed by atoms with Gasteiger partial charge >= 0.3 is 0 Å². The highest BCUT2D eigenvalue weighted by Crippen LogP contribution is 2.44. The molecule has 0 radical (unpaired) electrons. The zero-order valence-corrected chi connectivity index (χ0v) is 18.6. The fourth-order valence-electron chi connectivity index (χ4n) is 3.95. The van der Waals surface area contributed by atoms with Crippen LogP contribution in [0.25, 0.3) is 16.5 Å². The molecule has 1 aliphatic rings. The SMILES string of the molecule is CC1CCN([C@@H](c2ccc(Cl)cc2Cl)c2sc3nc(-c4ccco4)nn3c2O)CC1. The number of benzene rings is 1. The summed E-state index contributed by atoms with van der Waals surface area (Å²) in [7, 11) is 0. The van der Waals surface area contributed by atoms with E-state index in [0.717, 1.165) is 36.4 Å². The lowest BCUT2D eigenvalue weighted by atomic mass is 9.95. The minimum absolute atomic E-state index is 0.0787. The summed E-state index contributed by atoms with van der Waals surface area (Å²) in [6.07, 6.45) is 3.78. The molecule has 4 aromatic rings. The number of aromatic hydroxyl groups is 1. The Morgan fingerprint density at radius 1 is 1.23 bits per heavy atom. The van der Waals surface area contributed by atoms with Crippen LogP contribution in [0.1, 0.15) is 36.2 Å². The van der Waals surface area contributed by atoms with Crippen molar-refractivity contribution in [1.29, 1.82) is 0 Å². The molecule has 0 saturated carbocycles. The van der Waals surface area contributed by atoms with Gasteiger partial charge in [0.1, 0.15) is 0 Å². The van der Waals surface area contributed by atoms with Crippen LogP contribution in [0.5, 0.6) is 5.88 Å². The number of hydrogen-bond donors (Lipinski definition) is 1. The first-order chi connectivity index (χ1) is 14.5. The molecule has 1 atom stereocenters. The second kappa shape index (κ2) is 7.89. The number of thiazole rings is 1. The summed E-state index contributed by atoms with van der Waals surface area (Å²) in [6, 6.07) is 8.92. The number of rotatable bonds is 4. The highest BCUT2D eigenvalue weighted by atomic mass is 35.5. The van der Waals surface area contributed by atoms with Crippen LogP contribution in [-0.4, -0.2) is 37.7 Å². The van der Waals surface area contributed by atoms with Gasteiger partial charge in [-0.15, -0.1) is 5.10 Å². The molecule has 156 valence electrons. The van der Waals surface area contributed by atoms with Gasteiger partial charge in [-0.1, -0.05) is 47.5 Å². The van der Waals surface area contributed by atoms with E-state index in [1.165, 1.54) is 15.9 Å². The lowest BCUT2D eigenvalue weighted by Gasteiger charge is -2.36. The molecular formula is C21H20Cl2N4O2S. The summed E-state index contributed by atoms with van der Waals surface area (Å²) in [6.45, 7) is 4.13. The summed E-state index contributed by atoms with van der Waals surface area (Å²) >= 11 is 14.2. The van der Waals surface area contributed by atoms with E-state index < -0.39 is 0 Å². The summed E-state index contributed by atoms with van der Waals surface area (Å²) < 4.78 is 6.86. The van der Waals surface area contributed by atoms with Gasteiger partial charge in [0.15, 0.2) is 5.76 Å². The van der Waals surface area contributed by atoms with Crippen LogP contribution in [0, 0.1) is 5.92 Å². The maximum absolute atomic E-state index is 11.1. The number of furan rings is 1. The van der Waals surface area contributed by atoms with E-state index in [1.807, 2.05) is 12.1 Å². The first-order valence-electron chi connectivity index (χ1n) is 9.82. The van der Waals surface area contributed by atoms with Gasteiger partial charge in [-0.2, -0.15) is 9.50 Å². The zero-order chi connectivity index (χ0) is 20.8. The average molecular weight is 463 g/mol. The van der Waals surface area contributed by atoms with Gasteiger partial charge in [0.2, 0.25) is 16.7 Å². The molecule has 3 aromatic heterocycles. The Morgan fingerprint density at radius 2 is 2.03 bits per heavy atom. The maximum atomic E-state index is 11.1. The van der Waals surface area contributed by atoms with E-state index >= 15 is 0 Å². The van der Waals surface area contributed by atoms with Gasteiger partial charge < -0.3 is 9.52 Å². The van der Waals surface area contributed by atoms with Crippen LogP contribution in [0.3, 0.4) is 0 Å². The smallest absolute Gasteiger partial charge is 0.230 e. The van der Waals surface area contributed by atoms with E-state index in [4.69, 9.17) is 27.6 Å².